The lowest BCUT2D eigenvalue weighted by atomic mass is 9.98. The monoisotopic (exact) mass is 241 g/mol. The third kappa shape index (κ3) is 2.37. The Morgan fingerprint density at radius 1 is 1.06 bits per heavy atom. The maximum Gasteiger partial charge on any atom is 0.0354 e. The van der Waals surface area contributed by atoms with Crippen LogP contribution in [-0.2, 0) is 0 Å². The summed E-state index contributed by atoms with van der Waals surface area (Å²) < 4.78 is 0. The first-order valence-electron chi connectivity index (χ1n) is 7.33. The summed E-state index contributed by atoms with van der Waals surface area (Å²) in [6, 6.07) is 10.5. The molecule has 1 aromatic rings. The molecule has 2 atom stereocenters. The third-order valence-corrected chi connectivity index (χ3v) is 4.41. The lowest BCUT2D eigenvalue weighted by Gasteiger charge is -2.33. The lowest BCUT2D eigenvalue weighted by Crippen LogP contribution is -2.34. The van der Waals surface area contributed by atoms with E-state index in [1.807, 2.05) is 0 Å². The SMILES string of the molecule is Cc1ccc(C2CCCN2C2C=CCCC2)cc1. The van der Waals surface area contributed by atoms with Gasteiger partial charge in [-0.15, -0.1) is 0 Å². The van der Waals surface area contributed by atoms with Crippen molar-refractivity contribution in [3.8, 4) is 0 Å². The van der Waals surface area contributed by atoms with Crippen LogP contribution in [0.2, 0.25) is 0 Å². The zero-order valence-electron chi connectivity index (χ0n) is 11.3. The van der Waals surface area contributed by atoms with Crippen LogP contribution in [0.25, 0.3) is 0 Å². The standard InChI is InChI=1S/C17H23N/c1-14-9-11-15(12-10-14)17-8-5-13-18(17)16-6-3-2-4-7-16/h3,6,9-12,16-17H,2,4-5,7-8,13H2,1H3. The van der Waals surface area contributed by atoms with E-state index in [1.54, 1.807) is 0 Å². The van der Waals surface area contributed by atoms with E-state index in [2.05, 4.69) is 48.2 Å². The van der Waals surface area contributed by atoms with Crippen molar-refractivity contribution >= 4 is 0 Å². The molecule has 0 amide bonds. The van der Waals surface area contributed by atoms with Crippen LogP contribution in [0.5, 0.6) is 0 Å². The van der Waals surface area contributed by atoms with Gasteiger partial charge in [0.05, 0.1) is 0 Å². The molecule has 1 fully saturated rings. The van der Waals surface area contributed by atoms with E-state index in [9.17, 15) is 0 Å². The highest BCUT2D eigenvalue weighted by Crippen LogP contribution is 2.35. The fourth-order valence-corrected chi connectivity index (χ4v) is 3.40. The van der Waals surface area contributed by atoms with E-state index >= 15 is 0 Å². The van der Waals surface area contributed by atoms with Gasteiger partial charge in [0.2, 0.25) is 0 Å². The average Bonchev–Trinajstić information content (AvgIpc) is 2.90. The fraction of sp³-hybridized carbons (Fsp3) is 0.529. The molecular formula is C17H23N. The molecule has 1 aliphatic carbocycles. The summed E-state index contributed by atoms with van der Waals surface area (Å²) in [5, 5.41) is 0. The van der Waals surface area contributed by atoms with E-state index in [0.717, 1.165) is 0 Å². The van der Waals surface area contributed by atoms with Gasteiger partial charge in [-0.3, -0.25) is 4.90 Å². The molecule has 1 aliphatic heterocycles. The van der Waals surface area contributed by atoms with Crippen LogP contribution >= 0.6 is 0 Å². The van der Waals surface area contributed by atoms with E-state index in [0.29, 0.717) is 12.1 Å². The first-order chi connectivity index (χ1) is 8.84. The molecule has 1 nitrogen and oxygen atoms in total. The van der Waals surface area contributed by atoms with Crippen molar-refractivity contribution in [3.63, 3.8) is 0 Å². The molecule has 0 N–H and O–H groups in total. The molecule has 1 heterocycles. The highest BCUT2D eigenvalue weighted by Gasteiger charge is 2.30. The molecular weight excluding hydrogens is 218 g/mol. The van der Waals surface area contributed by atoms with Crippen LogP contribution in [-0.4, -0.2) is 17.5 Å². The molecule has 0 aromatic heterocycles. The Bertz CT molecular complexity index is 418. The van der Waals surface area contributed by atoms with Gasteiger partial charge in [0.1, 0.15) is 0 Å². The second-order valence-electron chi connectivity index (χ2n) is 5.73. The van der Waals surface area contributed by atoms with Gasteiger partial charge in [-0.1, -0.05) is 42.0 Å². The van der Waals surface area contributed by atoms with E-state index < -0.39 is 0 Å². The van der Waals surface area contributed by atoms with Crippen molar-refractivity contribution in [2.24, 2.45) is 0 Å². The van der Waals surface area contributed by atoms with Crippen LogP contribution < -0.4 is 0 Å². The topological polar surface area (TPSA) is 3.24 Å². The smallest absolute Gasteiger partial charge is 0.0354 e. The van der Waals surface area contributed by atoms with Crippen LogP contribution in [0.3, 0.4) is 0 Å². The molecule has 0 bridgehead atoms. The van der Waals surface area contributed by atoms with Crippen LogP contribution in [0.15, 0.2) is 36.4 Å². The van der Waals surface area contributed by atoms with E-state index in [4.69, 9.17) is 0 Å². The fourth-order valence-electron chi connectivity index (χ4n) is 3.40. The molecule has 0 radical (unpaired) electrons. The Morgan fingerprint density at radius 2 is 1.89 bits per heavy atom. The number of benzene rings is 1. The number of rotatable bonds is 2. The summed E-state index contributed by atoms with van der Waals surface area (Å²) in [6.45, 7) is 3.44. The Morgan fingerprint density at radius 3 is 2.61 bits per heavy atom. The van der Waals surface area contributed by atoms with Crippen molar-refractivity contribution in [3.05, 3.63) is 47.5 Å². The number of hydrogen-bond donors (Lipinski definition) is 0. The van der Waals surface area contributed by atoms with Gasteiger partial charge in [-0.05, 0) is 51.1 Å². The van der Waals surface area contributed by atoms with Crippen molar-refractivity contribution in [2.45, 2.75) is 51.1 Å². The lowest BCUT2D eigenvalue weighted by molar-refractivity contribution is 0.198. The van der Waals surface area contributed by atoms with Crippen molar-refractivity contribution < 1.29 is 0 Å². The number of likely N-dealkylation sites (tertiary alicyclic amines) is 1. The normalized spacial score (nSPS) is 28.7. The molecule has 96 valence electrons. The van der Waals surface area contributed by atoms with E-state index in [1.165, 1.54) is 49.8 Å². The van der Waals surface area contributed by atoms with E-state index in [-0.39, 0.29) is 0 Å². The Balaban J connectivity index is 1.80. The molecule has 0 saturated carbocycles. The summed E-state index contributed by atoms with van der Waals surface area (Å²) in [5.41, 5.74) is 2.87. The molecule has 0 spiro atoms. The summed E-state index contributed by atoms with van der Waals surface area (Å²) in [7, 11) is 0. The minimum atomic E-state index is 0.651. The van der Waals surface area contributed by atoms with Gasteiger partial charge in [-0.25, -0.2) is 0 Å². The number of nitrogens with zero attached hydrogens (tertiary/aromatic N) is 1. The molecule has 1 aromatic carbocycles. The molecule has 1 saturated heterocycles. The van der Waals surface area contributed by atoms with Gasteiger partial charge >= 0.3 is 0 Å². The van der Waals surface area contributed by atoms with Gasteiger partial charge in [0.15, 0.2) is 0 Å². The zero-order valence-corrected chi connectivity index (χ0v) is 11.3. The zero-order chi connectivity index (χ0) is 12.4. The predicted octanol–water partition coefficient (Wildman–Crippen LogP) is 4.24. The Kier molecular flexibility index (Phi) is 3.51. The maximum absolute atomic E-state index is 2.72. The average molecular weight is 241 g/mol. The number of allylic oxidation sites excluding steroid dienone is 1. The molecule has 2 unspecified atom stereocenters. The largest absolute Gasteiger partial charge is 0.290 e. The van der Waals surface area contributed by atoms with Crippen LogP contribution in [0.4, 0.5) is 0 Å². The molecule has 18 heavy (non-hydrogen) atoms. The first-order valence-corrected chi connectivity index (χ1v) is 7.33. The highest BCUT2D eigenvalue weighted by atomic mass is 15.2. The summed E-state index contributed by atoms with van der Waals surface area (Å²) in [4.78, 5) is 2.72. The van der Waals surface area contributed by atoms with Crippen LogP contribution in [0, 0.1) is 6.92 Å². The Hall–Kier alpha value is -1.08. The van der Waals surface area contributed by atoms with Gasteiger partial charge in [0.25, 0.3) is 0 Å². The minimum absolute atomic E-state index is 0.651. The molecule has 1 heteroatoms. The van der Waals surface area contributed by atoms with Gasteiger partial charge < -0.3 is 0 Å². The minimum Gasteiger partial charge on any atom is -0.290 e. The second kappa shape index (κ2) is 5.27. The predicted molar refractivity (Wildman–Crippen MR) is 76.6 cm³/mol. The summed E-state index contributed by atoms with van der Waals surface area (Å²) in [6.07, 6.45) is 11.5. The van der Waals surface area contributed by atoms with Crippen LogP contribution in [0.1, 0.15) is 49.3 Å². The van der Waals surface area contributed by atoms with Gasteiger partial charge in [0, 0.05) is 12.1 Å². The van der Waals surface area contributed by atoms with Gasteiger partial charge in [-0.2, -0.15) is 0 Å². The molecule has 2 aliphatic rings. The number of hydrogen-bond acceptors (Lipinski definition) is 1. The third-order valence-electron chi connectivity index (χ3n) is 4.41. The maximum atomic E-state index is 2.72. The van der Waals surface area contributed by atoms with Crippen molar-refractivity contribution in [1.82, 2.24) is 4.90 Å². The van der Waals surface area contributed by atoms with Crippen molar-refractivity contribution in [2.75, 3.05) is 6.54 Å². The Labute approximate surface area is 111 Å². The quantitative estimate of drug-likeness (QED) is 0.700. The first kappa shape index (κ1) is 12.0. The summed E-state index contributed by atoms with van der Waals surface area (Å²) >= 11 is 0. The highest BCUT2D eigenvalue weighted by molar-refractivity contribution is 5.25. The summed E-state index contributed by atoms with van der Waals surface area (Å²) in [5.74, 6) is 0. The molecule has 3 rings (SSSR count). The second-order valence-corrected chi connectivity index (χ2v) is 5.73. The number of aryl methyl sites for hydroxylation is 1. The van der Waals surface area contributed by atoms with Crippen molar-refractivity contribution in [1.29, 1.82) is 0 Å².